The molecule has 5 nitrogen and oxygen atoms in total. The number of carbonyl (C=O) groups is 1. The van der Waals surface area contributed by atoms with E-state index in [2.05, 4.69) is 15.5 Å². The molecule has 0 spiro atoms. The fraction of sp³-hybridized carbons (Fsp3) is 0.235. The van der Waals surface area contributed by atoms with Gasteiger partial charge in [-0.3, -0.25) is 9.20 Å². The molecule has 0 aliphatic carbocycles. The van der Waals surface area contributed by atoms with Crippen LogP contribution in [0.3, 0.4) is 0 Å². The fourth-order valence-corrected chi connectivity index (χ4v) is 2.80. The molecule has 0 fully saturated rings. The summed E-state index contributed by atoms with van der Waals surface area (Å²) in [5, 5.41) is 11.3. The zero-order valence-corrected chi connectivity index (χ0v) is 15.4. The first-order valence-electron chi connectivity index (χ1n) is 7.53. The molecule has 2 aromatic heterocycles. The quantitative estimate of drug-likeness (QED) is 0.634. The van der Waals surface area contributed by atoms with Gasteiger partial charge in [-0.05, 0) is 58.8 Å². The van der Waals surface area contributed by atoms with Gasteiger partial charge < -0.3 is 5.32 Å². The summed E-state index contributed by atoms with van der Waals surface area (Å²) < 4.78 is 16.0. The molecule has 124 valence electrons. The van der Waals surface area contributed by atoms with E-state index in [1.165, 1.54) is 6.07 Å². The predicted octanol–water partition coefficient (Wildman–Crippen LogP) is 3.60. The van der Waals surface area contributed by atoms with Gasteiger partial charge in [0.1, 0.15) is 5.82 Å². The molecule has 3 aromatic rings. The molecule has 2 heterocycles. The fourth-order valence-electron chi connectivity index (χ4n) is 2.46. The minimum atomic E-state index is -0.405. The number of rotatable bonds is 4. The van der Waals surface area contributed by atoms with Crippen molar-refractivity contribution >= 4 is 34.1 Å². The van der Waals surface area contributed by atoms with Crippen molar-refractivity contribution in [3.63, 3.8) is 0 Å². The molecule has 1 atom stereocenters. The third-order valence-electron chi connectivity index (χ3n) is 3.75. The Morgan fingerprint density at radius 3 is 2.75 bits per heavy atom. The molecule has 1 amide bonds. The number of fused-ring (bicyclic) bond motifs is 1. The lowest BCUT2D eigenvalue weighted by Gasteiger charge is -2.21. The van der Waals surface area contributed by atoms with Gasteiger partial charge in [-0.15, -0.1) is 10.2 Å². The van der Waals surface area contributed by atoms with Gasteiger partial charge in [0, 0.05) is 15.3 Å². The van der Waals surface area contributed by atoms with E-state index in [1.54, 1.807) is 12.1 Å². The summed E-state index contributed by atoms with van der Waals surface area (Å²) in [6.45, 7) is 3.98. The van der Waals surface area contributed by atoms with Crippen LogP contribution in [0.2, 0.25) is 0 Å². The van der Waals surface area contributed by atoms with Crippen molar-refractivity contribution in [2.75, 3.05) is 0 Å². The Hall–Kier alpha value is -2.03. The summed E-state index contributed by atoms with van der Waals surface area (Å²) in [4.78, 5) is 12.5. The Morgan fingerprint density at radius 1 is 1.25 bits per heavy atom. The number of aromatic nitrogens is 3. The van der Waals surface area contributed by atoms with Gasteiger partial charge in [0.15, 0.2) is 11.5 Å². The zero-order chi connectivity index (χ0) is 17.3. The van der Waals surface area contributed by atoms with Crippen LogP contribution in [0.1, 0.15) is 36.1 Å². The molecule has 0 bridgehead atoms. The van der Waals surface area contributed by atoms with Crippen LogP contribution in [0, 0.1) is 15.3 Å². The summed E-state index contributed by atoms with van der Waals surface area (Å²) in [7, 11) is 0. The highest BCUT2D eigenvalue weighted by Gasteiger charge is 2.24. The number of amides is 1. The van der Waals surface area contributed by atoms with Crippen LogP contribution in [0.15, 0.2) is 42.6 Å². The Morgan fingerprint density at radius 2 is 2.04 bits per heavy atom. The van der Waals surface area contributed by atoms with Gasteiger partial charge >= 0.3 is 0 Å². The number of nitrogens with one attached hydrogen (secondary N) is 1. The highest BCUT2D eigenvalue weighted by molar-refractivity contribution is 14.1. The number of hydrogen-bond donors (Lipinski definition) is 1. The maximum atomic E-state index is 13.7. The molecule has 1 aromatic carbocycles. The Kier molecular flexibility index (Phi) is 4.79. The van der Waals surface area contributed by atoms with E-state index < -0.39 is 5.82 Å². The molecule has 0 aliphatic heterocycles. The Balaban J connectivity index is 1.91. The summed E-state index contributed by atoms with van der Waals surface area (Å²) >= 11 is 1.89. The first kappa shape index (κ1) is 16.8. The summed E-state index contributed by atoms with van der Waals surface area (Å²) in [5.74, 6) is 0.00383. The van der Waals surface area contributed by atoms with Crippen molar-refractivity contribution in [3.8, 4) is 0 Å². The smallest absolute Gasteiger partial charge is 0.251 e. The first-order chi connectivity index (χ1) is 11.5. The van der Waals surface area contributed by atoms with Gasteiger partial charge in [-0.2, -0.15) is 0 Å². The van der Waals surface area contributed by atoms with Gasteiger partial charge in [0.2, 0.25) is 0 Å². The van der Waals surface area contributed by atoms with E-state index in [9.17, 15) is 9.18 Å². The topological polar surface area (TPSA) is 59.3 Å². The summed E-state index contributed by atoms with van der Waals surface area (Å²) in [6.07, 6.45) is 1.86. The monoisotopic (exact) mass is 438 g/mol. The predicted molar refractivity (Wildman–Crippen MR) is 97.1 cm³/mol. The lowest BCUT2D eigenvalue weighted by Crippen LogP contribution is -2.33. The van der Waals surface area contributed by atoms with Crippen molar-refractivity contribution in [2.24, 2.45) is 5.92 Å². The minimum absolute atomic E-state index is 0.0928. The number of pyridine rings is 1. The largest absolute Gasteiger partial charge is 0.342 e. The first-order valence-corrected chi connectivity index (χ1v) is 8.61. The normalized spacial score (nSPS) is 12.5. The number of benzene rings is 1. The van der Waals surface area contributed by atoms with Crippen molar-refractivity contribution in [1.29, 1.82) is 0 Å². The third kappa shape index (κ3) is 3.26. The summed E-state index contributed by atoms with van der Waals surface area (Å²) in [5.41, 5.74) is 1.00. The molecule has 24 heavy (non-hydrogen) atoms. The standard InChI is InChI=1S/C17H16FIN4O/c1-10(2)15(16-22-21-14-5-3-4-8-23(14)16)20-17(24)11-6-7-13(19)12(18)9-11/h3-10,15H,1-2H3,(H,20,24). The van der Waals surface area contributed by atoms with Crippen molar-refractivity contribution < 1.29 is 9.18 Å². The van der Waals surface area contributed by atoms with E-state index in [0.717, 1.165) is 0 Å². The van der Waals surface area contributed by atoms with Gasteiger partial charge in [0.25, 0.3) is 5.91 Å². The minimum Gasteiger partial charge on any atom is -0.342 e. The molecule has 0 saturated carbocycles. The second-order valence-electron chi connectivity index (χ2n) is 5.81. The molecule has 0 aliphatic rings. The van der Waals surface area contributed by atoms with Crippen LogP contribution in [0.4, 0.5) is 4.39 Å². The molecule has 0 radical (unpaired) electrons. The van der Waals surface area contributed by atoms with Crippen LogP contribution in [-0.2, 0) is 0 Å². The van der Waals surface area contributed by atoms with E-state index in [1.807, 2.05) is 65.2 Å². The molecular weight excluding hydrogens is 422 g/mol. The lowest BCUT2D eigenvalue weighted by molar-refractivity contribution is 0.0922. The molecule has 1 N–H and O–H groups in total. The second kappa shape index (κ2) is 6.84. The highest BCUT2D eigenvalue weighted by atomic mass is 127. The van der Waals surface area contributed by atoms with Crippen molar-refractivity contribution in [1.82, 2.24) is 19.9 Å². The Labute approximate surface area is 152 Å². The van der Waals surface area contributed by atoms with E-state index >= 15 is 0 Å². The van der Waals surface area contributed by atoms with Crippen LogP contribution in [0.25, 0.3) is 5.65 Å². The lowest BCUT2D eigenvalue weighted by atomic mass is 10.0. The van der Waals surface area contributed by atoms with Crippen LogP contribution < -0.4 is 5.32 Å². The average Bonchev–Trinajstić information content (AvgIpc) is 2.98. The third-order valence-corrected chi connectivity index (χ3v) is 4.63. The maximum Gasteiger partial charge on any atom is 0.251 e. The number of carbonyl (C=O) groups excluding carboxylic acids is 1. The van der Waals surface area contributed by atoms with E-state index in [4.69, 9.17) is 0 Å². The molecule has 7 heteroatoms. The molecular formula is C17H16FIN4O. The number of hydrogen-bond acceptors (Lipinski definition) is 3. The van der Waals surface area contributed by atoms with Crippen LogP contribution in [0.5, 0.6) is 0 Å². The molecule has 1 unspecified atom stereocenters. The maximum absolute atomic E-state index is 13.7. The van der Waals surface area contributed by atoms with Gasteiger partial charge in [0.05, 0.1) is 6.04 Å². The van der Waals surface area contributed by atoms with E-state index in [0.29, 0.717) is 15.0 Å². The Bertz CT molecular complexity index is 893. The zero-order valence-electron chi connectivity index (χ0n) is 13.2. The molecule has 3 rings (SSSR count). The average molecular weight is 438 g/mol. The van der Waals surface area contributed by atoms with Crippen LogP contribution >= 0.6 is 22.6 Å². The van der Waals surface area contributed by atoms with Crippen molar-refractivity contribution in [2.45, 2.75) is 19.9 Å². The number of nitrogens with zero attached hydrogens (tertiary/aromatic N) is 3. The molecule has 0 saturated heterocycles. The highest BCUT2D eigenvalue weighted by Crippen LogP contribution is 2.22. The van der Waals surface area contributed by atoms with Gasteiger partial charge in [-0.25, -0.2) is 4.39 Å². The summed E-state index contributed by atoms with van der Waals surface area (Å²) in [6, 6.07) is 9.72. The van der Waals surface area contributed by atoms with Crippen LogP contribution in [-0.4, -0.2) is 20.5 Å². The van der Waals surface area contributed by atoms with Gasteiger partial charge in [-0.1, -0.05) is 19.9 Å². The number of halogens is 2. The van der Waals surface area contributed by atoms with E-state index in [-0.39, 0.29) is 23.4 Å². The SMILES string of the molecule is CC(C)C(NC(=O)c1ccc(I)c(F)c1)c1nnc2ccccn12. The van der Waals surface area contributed by atoms with Crippen molar-refractivity contribution in [3.05, 3.63) is 63.4 Å². The second-order valence-corrected chi connectivity index (χ2v) is 6.97.